The molecule has 0 aliphatic carbocycles. The molecule has 1 aromatic carbocycles. The highest BCUT2D eigenvalue weighted by Crippen LogP contribution is 2.30. The molecule has 1 aromatic rings. The van der Waals surface area contributed by atoms with E-state index in [1.807, 2.05) is 0 Å². The standard InChI is InChI=1S/C11H14Cl2O3/c1-7(14)11(16-6-15-2)9-5-8(12)3-4-10(9)13/h3-5,7,11,14H,6H2,1-2H3/t7-,11+/m1/s1. The molecule has 0 fully saturated rings. The van der Waals surface area contributed by atoms with Crippen LogP contribution in [0.4, 0.5) is 0 Å². The monoisotopic (exact) mass is 264 g/mol. The fourth-order valence-electron chi connectivity index (χ4n) is 1.36. The fourth-order valence-corrected chi connectivity index (χ4v) is 1.77. The molecular formula is C11H14Cl2O3. The van der Waals surface area contributed by atoms with Gasteiger partial charge in [0.15, 0.2) is 0 Å². The Morgan fingerprint density at radius 1 is 1.38 bits per heavy atom. The van der Waals surface area contributed by atoms with Gasteiger partial charge in [-0.05, 0) is 25.1 Å². The SMILES string of the molecule is COCO[C@H](c1cc(Cl)ccc1Cl)[C@@H](C)O. The number of benzene rings is 1. The number of ether oxygens (including phenoxy) is 2. The van der Waals surface area contributed by atoms with E-state index in [0.29, 0.717) is 15.6 Å². The first-order chi connectivity index (χ1) is 7.56. The van der Waals surface area contributed by atoms with E-state index < -0.39 is 12.2 Å². The van der Waals surface area contributed by atoms with E-state index in [9.17, 15) is 5.11 Å². The van der Waals surface area contributed by atoms with E-state index in [-0.39, 0.29) is 6.79 Å². The molecule has 0 aliphatic rings. The molecule has 1 rings (SSSR count). The van der Waals surface area contributed by atoms with Crippen LogP contribution < -0.4 is 0 Å². The van der Waals surface area contributed by atoms with Crippen molar-refractivity contribution in [2.45, 2.75) is 19.1 Å². The van der Waals surface area contributed by atoms with Crippen LogP contribution in [0.1, 0.15) is 18.6 Å². The van der Waals surface area contributed by atoms with Gasteiger partial charge >= 0.3 is 0 Å². The van der Waals surface area contributed by atoms with Crippen LogP contribution in [0.5, 0.6) is 0 Å². The van der Waals surface area contributed by atoms with Crippen LogP contribution in [-0.2, 0) is 9.47 Å². The average Bonchev–Trinajstić information content (AvgIpc) is 2.23. The minimum absolute atomic E-state index is 0.0818. The Balaban J connectivity index is 2.95. The van der Waals surface area contributed by atoms with Gasteiger partial charge in [-0.15, -0.1) is 0 Å². The Morgan fingerprint density at radius 3 is 2.62 bits per heavy atom. The van der Waals surface area contributed by atoms with E-state index >= 15 is 0 Å². The lowest BCUT2D eigenvalue weighted by molar-refractivity contribution is -0.110. The zero-order chi connectivity index (χ0) is 12.1. The maximum absolute atomic E-state index is 9.63. The van der Waals surface area contributed by atoms with Crippen LogP contribution in [-0.4, -0.2) is 25.1 Å². The third kappa shape index (κ3) is 3.61. The number of methoxy groups -OCH3 is 1. The zero-order valence-electron chi connectivity index (χ0n) is 9.11. The Morgan fingerprint density at radius 2 is 2.06 bits per heavy atom. The molecule has 0 bridgehead atoms. The van der Waals surface area contributed by atoms with Crippen molar-refractivity contribution in [1.29, 1.82) is 0 Å². The summed E-state index contributed by atoms with van der Waals surface area (Å²) in [6.07, 6.45) is -1.25. The van der Waals surface area contributed by atoms with Crippen molar-refractivity contribution in [1.82, 2.24) is 0 Å². The summed E-state index contributed by atoms with van der Waals surface area (Å²) >= 11 is 11.9. The highest BCUT2D eigenvalue weighted by atomic mass is 35.5. The van der Waals surface area contributed by atoms with Crippen LogP contribution in [0.25, 0.3) is 0 Å². The second-order valence-corrected chi connectivity index (χ2v) is 4.24. The van der Waals surface area contributed by atoms with Crippen LogP contribution in [0.2, 0.25) is 10.0 Å². The van der Waals surface area contributed by atoms with Gasteiger partial charge in [0.2, 0.25) is 0 Å². The lowest BCUT2D eigenvalue weighted by Crippen LogP contribution is -2.19. The largest absolute Gasteiger partial charge is 0.390 e. The van der Waals surface area contributed by atoms with Crippen LogP contribution in [0, 0.1) is 0 Å². The van der Waals surface area contributed by atoms with Crippen molar-refractivity contribution in [3.63, 3.8) is 0 Å². The molecule has 0 saturated heterocycles. The Kier molecular flexibility index (Phi) is 5.52. The zero-order valence-corrected chi connectivity index (χ0v) is 10.6. The number of hydrogen-bond donors (Lipinski definition) is 1. The van der Waals surface area contributed by atoms with Gasteiger partial charge in [0, 0.05) is 22.7 Å². The van der Waals surface area contributed by atoms with Crippen molar-refractivity contribution < 1.29 is 14.6 Å². The Hall–Kier alpha value is -0.320. The smallest absolute Gasteiger partial charge is 0.147 e. The molecule has 90 valence electrons. The maximum atomic E-state index is 9.63. The van der Waals surface area contributed by atoms with E-state index in [4.69, 9.17) is 32.7 Å². The third-order valence-electron chi connectivity index (χ3n) is 2.07. The molecule has 0 amide bonds. The number of aliphatic hydroxyl groups is 1. The van der Waals surface area contributed by atoms with Gasteiger partial charge in [-0.2, -0.15) is 0 Å². The second kappa shape index (κ2) is 6.42. The molecule has 0 saturated carbocycles. The molecule has 3 nitrogen and oxygen atoms in total. The summed E-state index contributed by atoms with van der Waals surface area (Å²) in [6, 6.07) is 5.03. The summed E-state index contributed by atoms with van der Waals surface area (Å²) in [5.41, 5.74) is 0.654. The van der Waals surface area contributed by atoms with E-state index in [0.717, 1.165) is 0 Å². The lowest BCUT2D eigenvalue weighted by atomic mass is 10.1. The molecule has 0 aromatic heterocycles. The van der Waals surface area contributed by atoms with Gasteiger partial charge < -0.3 is 14.6 Å². The highest BCUT2D eigenvalue weighted by Gasteiger charge is 2.21. The van der Waals surface area contributed by atoms with Crippen LogP contribution in [0.15, 0.2) is 18.2 Å². The van der Waals surface area contributed by atoms with E-state index in [2.05, 4.69) is 0 Å². The quantitative estimate of drug-likeness (QED) is 0.831. The number of hydrogen-bond acceptors (Lipinski definition) is 3. The molecule has 0 radical (unpaired) electrons. The number of aliphatic hydroxyl groups excluding tert-OH is 1. The first-order valence-electron chi connectivity index (χ1n) is 4.79. The first kappa shape index (κ1) is 13.7. The minimum Gasteiger partial charge on any atom is -0.390 e. The summed E-state index contributed by atoms with van der Waals surface area (Å²) in [6.45, 7) is 1.70. The molecule has 16 heavy (non-hydrogen) atoms. The molecule has 1 N–H and O–H groups in total. The van der Waals surface area contributed by atoms with Gasteiger partial charge in [-0.3, -0.25) is 0 Å². The predicted octanol–water partition coefficient (Wildman–Crippen LogP) is 3.04. The molecule has 0 heterocycles. The summed E-state index contributed by atoms with van der Waals surface area (Å²) in [7, 11) is 1.51. The minimum atomic E-state index is -0.703. The Bertz CT molecular complexity index is 342. The van der Waals surface area contributed by atoms with Crippen molar-refractivity contribution >= 4 is 23.2 Å². The summed E-state index contributed by atoms with van der Waals surface area (Å²) in [4.78, 5) is 0. The van der Waals surface area contributed by atoms with Gasteiger partial charge in [0.25, 0.3) is 0 Å². The van der Waals surface area contributed by atoms with Crippen LogP contribution >= 0.6 is 23.2 Å². The second-order valence-electron chi connectivity index (χ2n) is 3.40. The molecule has 0 spiro atoms. The van der Waals surface area contributed by atoms with Gasteiger partial charge in [-0.1, -0.05) is 23.2 Å². The van der Waals surface area contributed by atoms with Crippen molar-refractivity contribution in [3.8, 4) is 0 Å². The van der Waals surface area contributed by atoms with Crippen LogP contribution in [0.3, 0.4) is 0 Å². The van der Waals surface area contributed by atoms with E-state index in [1.165, 1.54) is 7.11 Å². The van der Waals surface area contributed by atoms with E-state index in [1.54, 1.807) is 25.1 Å². The van der Waals surface area contributed by atoms with Gasteiger partial charge in [-0.25, -0.2) is 0 Å². The fraction of sp³-hybridized carbons (Fsp3) is 0.455. The molecule has 0 aliphatic heterocycles. The summed E-state index contributed by atoms with van der Waals surface area (Å²) in [5.74, 6) is 0. The number of rotatable bonds is 5. The van der Waals surface area contributed by atoms with Crippen molar-refractivity contribution in [2.75, 3.05) is 13.9 Å². The first-order valence-corrected chi connectivity index (χ1v) is 5.55. The summed E-state index contributed by atoms with van der Waals surface area (Å²) < 4.78 is 10.2. The van der Waals surface area contributed by atoms with Gasteiger partial charge in [0.1, 0.15) is 12.9 Å². The average molecular weight is 265 g/mol. The molecule has 0 unspecified atom stereocenters. The van der Waals surface area contributed by atoms with Crippen molar-refractivity contribution in [2.24, 2.45) is 0 Å². The maximum Gasteiger partial charge on any atom is 0.147 e. The normalized spacial score (nSPS) is 14.8. The molecule has 5 heteroatoms. The summed E-state index contributed by atoms with van der Waals surface area (Å²) in [5, 5.41) is 10.7. The topological polar surface area (TPSA) is 38.7 Å². The van der Waals surface area contributed by atoms with Crippen molar-refractivity contribution in [3.05, 3.63) is 33.8 Å². The number of halogens is 2. The Labute approximate surface area is 105 Å². The lowest BCUT2D eigenvalue weighted by Gasteiger charge is -2.21. The molecule has 2 atom stereocenters. The predicted molar refractivity (Wildman–Crippen MR) is 63.8 cm³/mol. The highest BCUT2D eigenvalue weighted by molar-refractivity contribution is 6.33. The van der Waals surface area contributed by atoms with Gasteiger partial charge in [0.05, 0.1) is 6.10 Å². The molecular weight excluding hydrogens is 251 g/mol. The third-order valence-corrected chi connectivity index (χ3v) is 2.65.